The van der Waals surface area contributed by atoms with Gasteiger partial charge in [-0.25, -0.2) is 9.78 Å². The highest BCUT2D eigenvalue weighted by molar-refractivity contribution is 7.17. The van der Waals surface area contributed by atoms with Gasteiger partial charge < -0.3 is 19.9 Å². The van der Waals surface area contributed by atoms with Crippen LogP contribution in [0.25, 0.3) is 0 Å². The van der Waals surface area contributed by atoms with Gasteiger partial charge in [-0.1, -0.05) is 11.3 Å². The predicted octanol–water partition coefficient (Wildman–Crippen LogP) is 1.20. The zero-order chi connectivity index (χ0) is 14.6. The van der Waals surface area contributed by atoms with Crippen molar-refractivity contribution in [2.75, 3.05) is 25.6 Å². The van der Waals surface area contributed by atoms with Gasteiger partial charge in [0, 0.05) is 26.0 Å². The first-order valence-corrected chi connectivity index (χ1v) is 7.25. The zero-order valence-electron chi connectivity index (χ0n) is 11.5. The van der Waals surface area contributed by atoms with Crippen molar-refractivity contribution >= 4 is 22.5 Å². The molecule has 112 valence electrons. The fraction of sp³-hybridized carbons (Fsp3) is 0.667. The molecule has 1 fully saturated rings. The highest BCUT2D eigenvalue weighted by atomic mass is 32.1. The summed E-state index contributed by atoms with van der Waals surface area (Å²) in [5, 5.41) is 16.4. The predicted molar refractivity (Wildman–Crippen MR) is 75.3 cm³/mol. The number of carbonyl (C=O) groups is 1. The van der Waals surface area contributed by atoms with Crippen LogP contribution in [0, 0.1) is 0 Å². The van der Waals surface area contributed by atoms with E-state index in [9.17, 15) is 9.90 Å². The Labute approximate surface area is 121 Å². The molecule has 1 heterocycles. The minimum absolute atomic E-state index is 0.0954. The lowest BCUT2D eigenvalue weighted by Crippen LogP contribution is -2.55. The summed E-state index contributed by atoms with van der Waals surface area (Å²) < 4.78 is 10.4. The van der Waals surface area contributed by atoms with Crippen LogP contribution in [0.4, 0.5) is 9.93 Å². The minimum atomic E-state index is -0.863. The quantitative estimate of drug-likeness (QED) is 0.734. The molecule has 8 heteroatoms. The number of aliphatic hydroxyl groups is 1. The lowest BCUT2D eigenvalue weighted by molar-refractivity contribution is -0.133. The van der Waals surface area contributed by atoms with Gasteiger partial charge in [-0.15, -0.1) is 0 Å². The van der Waals surface area contributed by atoms with Gasteiger partial charge in [0.05, 0.1) is 25.0 Å². The number of anilines is 1. The van der Waals surface area contributed by atoms with Crippen molar-refractivity contribution < 1.29 is 19.4 Å². The molecule has 0 spiro atoms. The summed E-state index contributed by atoms with van der Waals surface area (Å²) in [6, 6.07) is -0.393. The summed E-state index contributed by atoms with van der Waals surface area (Å²) >= 11 is 1.23. The van der Waals surface area contributed by atoms with Crippen molar-refractivity contribution in [1.29, 1.82) is 0 Å². The van der Waals surface area contributed by atoms with Gasteiger partial charge in [-0.05, 0) is 6.92 Å². The molecular weight excluding hydrogens is 282 g/mol. The molecule has 0 unspecified atom stereocenters. The van der Waals surface area contributed by atoms with Crippen molar-refractivity contribution in [3.05, 3.63) is 6.20 Å². The molecule has 0 saturated heterocycles. The normalized spacial score (nSPS) is 24.9. The van der Waals surface area contributed by atoms with Crippen LogP contribution in [0.1, 0.15) is 19.8 Å². The fourth-order valence-electron chi connectivity index (χ4n) is 2.08. The molecule has 2 rings (SSSR count). The van der Waals surface area contributed by atoms with Crippen LogP contribution in [-0.4, -0.2) is 48.1 Å². The first kappa shape index (κ1) is 15.0. The minimum Gasteiger partial charge on any atom is -0.486 e. The van der Waals surface area contributed by atoms with E-state index in [-0.39, 0.29) is 12.6 Å². The lowest BCUT2D eigenvalue weighted by Gasteiger charge is -2.43. The van der Waals surface area contributed by atoms with Crippen LogP contribution in [0.15, 0.2) is 6.20 Å². The zero-order valence-corrected chi connectivity index (χ0v) is 12.3. The number of rotatable bonds is 6. The second-order valence-corrected chi connectivity index (χ2v) is 5.70. The Morgan fingerprint density at radius 3 is 3.00 bits per heavy atom. The van der Waals surface area contributed by atoms with Crippen LogP contribution in [0.2, 0.25) is 0 Å². The van der Waals surface area contributed by atoms with Crippen LogP contribution in [0.3, 0.4) is 0 Å². The molecule has 1 aliphatic carbocycles. The lowest BCUT2D eigenvalue weighted by atomic mass is 9.77. The highest BCUT2D eigenvalue weighted by Crippen LogP contribution is 2.33. The molecule has 2 amide bonds. The van der Waals surface area contributed by atoms with Crippen LogP contribution in [0.5, 0.6) is 5.06 Å². The first-order chi connectivity index (χ1) is 9.54. The van der Waals surface area contributed by atoms with Gasteiger partial charge in [0.25, 0.3) is 0 Å². The molecule has 0 aliphatic heterocycles. The second kappa shape index (κ2) is 6.38. The molecule has 3 N–H and O–H groups in total. The Morgan fingerprint density at radius 2 is 2.40 bits per heavy atom. The maximum atomic E-state index is 11.7. The molecule has 20 heavy (non-hydrogen) atoms. The Hall–Kier alpha value is -1.38. The molecular formula is C12H19N3O4S. The standard InChI is InChI=1S/C12H19N3O4S/c1-3-19-8-4-12(17,5-8)7-14-10(16)15-11-13-6-9(18-2)20-11/h6,8,17H,3-5,7H2,1-2H3,(H2,13,14,15,16). The summed E-state index contributed by atoms with van der Waals surface area (Å²) in [7, 11) is 1.54. The van der Waals surface area contributed by atoms with Crippen molar-refractivity contribution in [3.8, 4) is 5.06 Å². The third-order valence-electron chi connectivity index (χ3n) is 3.10. The number of aromatic nitrogens is 1. The summed E-state index contributed by atoms with van der Waals surface area (Å²) in [4.78, 5) is 15.6. The number of ether oxygens (including phenoxy) is 2. The second-order valence-electron chi connectivity index (χ2n) is 4.71. The summed E-state index contributed by atoms with van der Waals surface area (Å²) in [5.41, 5.74) is -0.863. The van der Waals surface area contributed by atoms with Crippen LogP contribution < -0.4 is 15.4 Å². The molecule has 0 atom stereocenters. The molecule has 0 bridgehead atoms. The average molecular weight is 301 g/mol. The Kier molecular flexibility index (Phi) is 4.79. The fourth-order valence-corrected chi connectivity index (χ4v) is 2.71. The third-order valence-corrected chi connectivity index (χ3v) is 3.98. The van der Waals surface area contributed by atoms with E-state index in [1.54, 1.807) is 0 Å². The number of methoxy groups -OCH3 is 1. The molecule has 7 nitrogen and oxygen atoms in total. The number of hydrogen-bond acceptors (Lipinski definition) is 6. The van der Waals surface area contributed by atoms with Gasteiger partial charge in [0.15, 0.2) is 10.2 Å². The van der Waals surface area contributed by atoms with E-state index in [0.29, 0.717) is 29.6 Å². The van der Waals surface area contributed by atoms with E-state index in [1.807, 2.05) is 6.92 Å². The van der Waals surface area contributed by atoms with E-state index in [2.05, 4.69) is 15.6 Å². The van der Waals surface area contributed by atoms with Gasteiger partial charge in [0.2, 0.25) is 0 Å². The van der Waals surface area contributed by atoms with Crippen molar-refractivity contribution in [1.82, 2.24) is 10.3 Å². The number of nitrogens with one attached hydrogen (secondary N) is 2. The molecule has 1 aromatic rings. The molecule has 1 aromatic heterocycles. The van der Waals surface area contributed by atoms with Crippen molar-refractivity contribution in [2.45, 2.75) is 31.5 Å². The van der Waals surface area contributed by atoms with Crippen molar-refractivity contribution in [3.63, 3.8) is 0 Å². The van der Waals surface area contributed by atoms with Gasteiger partial charge >= 0.3 is 6.03 Å². The molecule has 0 radical (unpaired) electrons. The number of carbonyl (C=O) groups excluding carboxylic acids is 1. The number of nitrogens with zero attached hydrogens (tertiary/aromatic N) is 1. The largest absolute Gasteiger partial charge is 0.486 e. The summed E-state index contributed by atoms with van der Waals surface area (Å²) in [6.07, 6.45) is 2.73. The number of hydrogen-bond donors (Lipinski definition) is 3. The average Bonchev–Trinajstić information content (AvgIpc) is 2.82. The Bertz CT molecular complexity index is 459. The number of amides is 2. The maximum Gasteiger partial charge on any atom is 0.321 e. The topological polar surface area (TPSA) is 92.7 Å². The van der Waals surface area contributed by atoms with E-state index < -0.39 is 11.6 Å². The van der Waals surface area contributed by atoms with Crippen molar-refractivity contribution in [2.24, 2.45) is 0 Å². The monoisotopic (exact) mass is 301 g/mol. The smallest absolute Gasteiger partial charge is 0.321 e. The van der Waals surface area contributed by atoms with Gasteiger partial charge in [-0.3, -0.25) is 5.32 Å². The summed E-state index contributed by atoms with van der Waals surface area (Å²) in [5.74, 6) is 0. The van der Waals surface area contributed by atoms with Crippen LogP contribution >= 0.6 is 11.3 Å². The molecule has 1 saturated carbocycles. The SMILES string of the molecule is CCOC1CC(O)(CNC(=O)Nc2ncc(OC)s2)C1. The maximum absolute atomic E-state index is 11.7. The first-order valence-electron chi connectivity index (χ1n) is 6.43. The Morgan fingerprint density at radius 1 is 1.65 bits per heavy atom. The van der Waals surface area contributed by atoms with E-state index in [1.165, 1.54) is 24.6 Å². The Balaban J connectivity index is 1.70. The third kappa shape index (κ3) is 3.81. The van der Waals surface area contributed by atoms with Gasteiger partial charge in [0.1, 0.15) is 0 Å². The summed E-state index contributed by atoms with van der Waals surface area (Å²) in [6.45, 7) is 2.76. The van der Waals surface area contributed by atoms with E-state index >= 15 is 0 Å². The van der Waals surface area contributed by atoms with Gasteiger partial charge in [-0.2, -0.15) is 0 Å². The number of urea groups is 1. The highest BCUT2D eigenvalue weighted by Gasteiger charge is 2.43. The van der Waals surface area contributed by atoms with E-state index in [0.717, 1.165) is 0 Å². The van der Waals surface area contributed by atoms with E-state index in [4.69, 9.17) is 9.47 Å². The molecule has 1 aliphatic rings. The molecule has 0 aromatic carbocycles. The van der Waals surface area contributed by atoms with Crippen LogP contribution in [-0.2, 0) is 4.74 Å². The number of thiazole rings is 1.